The van der Waals surface area contributed by atoms with Crippen molar-refractivity contribution in [3.8, 4) is 0 Å². The van der Waals surface area contributed by atoms with E-state index in [0.717, 1.165) is 22.5 Å². The lowest BCUT2D eigenvalue weighted by Crippen LogP contribution is -2.22. The molecule has 4 nitrogen and oxygen atoms in total. The van der Waals surface area contributed by atoms with Crippen LogP contribution in [0.25, 0.3) is 0 Å². The highest BCUT2D eigenvalue weighted by atomic mass is 16.2. The summed E-state index contributed by atoms with van der Waals surface area (Å²) in [4.78, 5) is 23.5. The van der Waals surface area contributed by atoms with E-state index >= 15 is 0 Å². The number of Topliss-reactive ketones (excluding diaryl/α,β-unsaturated/α-hetero) is 1. The van der Waals surface area contributed by atoms with Crippen molar-refractivity contribution in [2.24, 2.45) is 0 Å². The molecule has 0 heterocycles. The van der Waals surface area contributed by atoms with Gasteiger partial charge in [-0.25, -0.2) is 0 Å². The quantitative estimate of drug-likeness (QED) is 0.824. The zero-order valence-corrected chi connectivity index (χ0v) is 14.0. The van der Waals surface area contributed by atoms with E-state index in [1.807, 2.05) is 39.0 Å². The van der Waals surface area contributed by atoms with Gasteiger partial charge in [0.05, 0.1) is 6.54 Å². The van der Waals surface area contributed by atoms with Gasteiger partial charge in [0.1, 0.15) is 0 Å². The minimum absolute atomic E-state index is 0.00371. The molecule has 1 amide bonds. The predicted octanol–water partition coefficient (Wildman–Crippen LogP) is 3.87. The first-order valence-electron chi connectivity index (χ1n) is 7.59. The third-order valence-corrected chi connectivity index (χ3v) is 3.66. The van der Waals surface area contributed by atoms with Gasteiger partial charge in [0, 0.05) is 16.9 Å². The second-order valence-electron chi connectivity index (χ2n) is 5.81. The van der Waals surface area contributed by atoms with Crippen LogP contribution in [0, 0.1) is 20.8 Å². The summed E-state index contributed by atoms with van der Waals surface area (Å²) < 4.78 is 0. The molecule has 0 radical (unpaired) electrons. The summed E-state index contributed by atoms with van der Waals surface area (Å²) in [5.41, 5.74) is 5.52. The summed E-state index contributed by atoms with van der Waals surface area (Å²) in [5, 5.41) is 5.99. The minimum atomic E-state index is -0.117. The maximum atomic E-state index is 12.2. The normalized spacial score (nSPS) is 10.3. The molecular formula is C19H22N2O2. The third-order valence-electron chi connectivity index (χ3n) is 3.66. The van der Waals surface area contributed by atoms with E-state index in [-0.39, 0.29) is 18.2 Å². The highest BCUT2D eigenvalue weighted by molar-refractivity contribution is 5.96. The molecule has 120 valence electrons. The van der Waals surface area contributed by atoms with Gasteiger partial charge < -0.3 is 10.6 Å². The van der Waals surface area contributed by atoms with Gasteiger partial charge in [-0.05, 0) is 51.0 Å². The van der Waals surface area contributed by atoms with Gasteiger partial charge in [-0.3, -0.25) is 9.59 Å². The number of aryl methyl sites for hydroxylation is 3. The van der Waals surface area contributed by atoms with Gasteiger partial charge in [-0.15, -0.1) is 0 Å². The summed E-state index contributed by atoms with van der Waals surface area (Å²) in [6.07, 6.45) is 0. The molecule has 0 spiro atoms. The Hall–Kier alpha value is -2.62. The second kappa shape index (κ2) is 7.09. The molecule has 0 saturated heterocycles. The maximum Gasteiger partial charge on any atom is 0.243 e. The highest BCUT2D eigenvalue weighted by Gasteiger charge is 2.08. The Bertz CT molecular complexity index is 728. The van der Waals surface area contributed by atoms with E-state index in [1.165, 1.54) is 12.5 Å². The Labute approximate surface area is 136 Å². The summed E-state index contributed by atoms with van der Waals surface area (Å²) in [5.74, 6) is -0.114. The topological polar surface area (TPSA) is 58.2 Å². The summed E-state index contributed by atoms with van der Waals surface area (Å²) in [6.45, 7) is 7.68. The van der Waals surface area contributed by atoms with Gasteiger partial charge in [0.2, 0.25) is 5.91 Å². The highest BCUT2D eigenvalue weighted by Crippen LogP contribution is 2.21. The number of amides is 1. The maximum absolute atomic E-state index is 12.2. The number of benzene rings is 2. The average Bonchev–Trinajstić information content (AvgIpc) is 2.49. The SMILES string of the molecule is CC(=O)c1cccc(NCC(=O)Nc2c(C)cc(C)cc2C)c1. The smallest absolute Gasteiger partial charge is 0.243 e. The minimum Gasteiger partial charge on any atom is -0.376 e. The van der Waals surface area contributed by atoms with Gasteiger partial charge in [0.25, 0.3) is 0 Å². The molecule has 0 fully saturated rings. The fourth-order valence-electron chi connectivity index (χ4n) is 2.59. The van der Waals surface area contributed by atoms with E-state index in [4.69, 9.17) is 0 Å². The summed E-state index contributed by atoms with van der Waals surface area (Å²) in [7, 11) is 0. The second-order valence-corrected chi connectivity index (χ2v) is 5.81. The van der Waals surface area contributed by atoms with Crippen molar-refractivity contribution in [1.82, 2.24) is 0 Å². The van der Waals surface area contributed by atoms with Crippen LogP contribution in [-0.2, 0) is 4.79 Å². The number of ketones is 1. The number of anilines is 2. The number of nitrogens with one attached hydrogen (secondary N) is 2. The van der Waals surface area contributed by atoms with Crippen LogP contribution in [0.3, 0.4) is 0 Å². The molecular weight excluding hydrogens is 288 g/mol. The lowest BCUT2D eigenvalue weighted by atomic mass is 10.1. The summed E-state index contributed by atoms with van der Waals surface area (Å²) in [6, 6.07) is 11.2. The first kappa shape index (κ1) is 16.7. The van der Waals surface area contributed by atoms with Crippen molar-refractivity contribution in [3.05, 3.63) is 58.7 Å². The van der Waals surface area contributed by atoms with Gasteiger partial charge in [-0.1, -0.05) is 29.8 Å². The number of hydrogen-bond donors (Lipinski definition) is 2. The molecule has 0 atom stereocenters. The number of carbonyl (C=O) groups excluding carboxylic acids is 2. The molecule has 4 heteroatoms. The first-order valence-corrected chi connectivity index (χ1v) is 7.59. The van der Waals surface area contributed by atoms with Crippen molar-refractivity contribution < 1.29 is 9.59 Å². The Kier molecular flexibility index (Phi) is 5.16. The summed E-state index contributed by atoms with van der Waals surface area (Å²) >= 11 is 0. The van der Waals surface area contributed by atoms with Gasteiger partial charge in [-0.2, -0.15) is 0 Å². The van der Waals surface area contributed by atoms with E-state index in [9.17, 15) is 9.59 Å². The zero-order valence-electron chi connectivity index (χ0n) is 14.0. The third kappa shape index (κ3) is 4.42. The molecule has 0 unspecified atom stereocenters. The van der Waals surface area contributed by atoms with E-state index in [2.05, 4.69) is 10.6 Å². The van der Waals surface area contributed by atoms with Crippen LogP contribution in [0.15, 0.2) is 36.4 Å². The molecule has 2 aromatic carbocycles. The van der Waals surface area contributed by atoms with Crippen molar-refractivity contribution in [2.75, 3.05) is 17.2 Å². The molecule has 0 bridgehead atoms. The van der Waals surface area contributed by atoms with Crippen LogP contribution in [0.4, 0.5) is 11.4 Å². The molecule has 0 aliphatic heterocycles. The lowest BCUT2D eigenvalue weighted by Gasteiger charge is -2.13. The average molecular weight is 310 g/mol. The van der Waals surface area contributed by atoms with Crippen LogP contribution in [-0.4, -0.2) is 18.2 Å². The predicted molar refractivity (Wildman–Crippen MR) is 94.2 cm³/mol. The Morgan fingerprint density at radius 1 is 1.00 bits per heavy atom. The fraction of sp³-hybridized carbons (Fsp3) is 0.263. The van der Waals surface area contributed by atoms with Crippen LogP contribution in [0.2, 0.25) is 0 Å². The Morgan fingerprint density at radius 2 is 1.65 bits per heavy atom. The lowest BCUT2D eigenvalue weighted by molar-refractivity contribution is -0.114. The van der Waals surface area contributed by atoms with Crippen molar-refractivity contribution in [1.29, 1.82) is 0 Å². The Morgan fingerprint density at radius 3 is 2.26 bits per heavy atom. The van der Waals surface area contributed by atoms with E-state index in [0.29, 0.717) is 5.56 Å². The van der Waals surface area contributed by atoms with Crippen LogP contribution in [0.1, 0.15) is 34.0 Å². The van der Waals surface area contributed by atoms with E-state index < -0.39 is 0 Å². The first-order chi connectivity index (χ1) is 10.9. The molecule has 2 aromatic rings. The van der Waals surface area contributed by atoms with Crippen LogP contribution in [0.5, 0.6) is 0 Å². The molecule has 2 N–H and O–H groups in total. The largest absolute Gasteiger partial charge is 0.376 e. The molecule has 23 heavy (non-hydrogen) atoms. The molecule has 0 saturated carbocycles. The van der Waals surface area contributed by atoms with Crippen molar-refractivity contribution in [3.63, 3.8) is 0 Å². The number of hydrogen-bond acceptors (Lipinski definition) is 3. The van der Waals surface area contributed by atoms with E-state index in [1.54, 1.807) is 18.2 Å². The molecule has 2 rings (SSSR count). The fourth-order valence-corrected chi connectivity index (χ4v) is 2.59. The van der Waals surface area contributed by atoms with Crippen molar-refractivity contribution >= 4 is 23.1 Å². The zero-order chi connectivity index (χ0) is 17.0. The van der Waals surface area contributed by atoms with Crippen molar-refractivity contribution in [2.45, 2.75) is 27.7 Å². The monoisotopic (exact) mass is 310 g/mol. The van der Waals surface area contributed by atoms with Crippen LogP contribution < -0.4 is 10.6 Å². The molecule has 0 aliphatic rings. The Balaban J connectivity index is 2.01. The van der Waals surface area contributed by atoms with Gasteiger partial charge >= 0.3 is 0 Å². The van der Waals surface area contributed by atoms with Gasteiger partial charge in [0.15, 0.2) is 5.78 Å². The number of rotatable bonds is 5. The van der Waals surface area contributed by atoms with Crippen LogP contribution >= 0.6 is 0 Å². The molecule has 0 aliphatic carbocycles. The number of carbonyl (C=O) groups is 2. The standard InChI is InChI=1S/C19H22N2O2/c1-12-8-13(2)19(14(3)9-12)21-18(23)11-20-17-7-5-6-16(10-17)15(4)22/h5-10,20H,11H2,1-4H3,(H,21,23). The molecule has 0 aromatic heterocycles.